The lowest BCUT2D eigenvalue weighted by Gasteiger charge is -2.15. The van der Waals surface area contributed by atoms with Gasteiger partial charge < -0.3 is 10.1 Å². The van der Waals surface area contributed by atoms with Crippen LogP contribution in [0.15, 0.2) is 84.1 Å². The molecular weight excluding hydrogens is 563 g/mol. The maximum atomic E-state index is 12.8. The molecule has 0 spiro atoms. The standard InChI is InChI=1S/C31H28F3N5O2S/c1-2-19-5-3-4-6-24(19)25-15-16-42-29(25)37-30(40)36-27-17-26(27)20-7-9-21(10-8-20)28-35-18-39(38-28)22-11-13-23(14-12-22)41-31(32,33)34/h3-14,18,25-27H,2,15-17H2,1H3,(H,36,40)/b37-29-. The van der Waals surface area contributed by atoms with Crippen LogP contribution in [0.3, 0.4) is 0 Å². The van der Waals surface area contributed by atoms with Crippen LogP contribution in [-0.4, -0.2) is 44.0 Å². The Hall–Kier alpha value is -4.12. The van der Waals surface area contributed by atoms with Crippen molar-refractivity contribution in [2.45, 2.75) is 50.4 Å². The summed E-state index contributed by atoms with van der Waals surface area (Å²) in [6.45, 7) is 2.15. The highest BCUT2D eigenvalue weighted by Gasteiger charge is 2.40. The Kier molecular flexibility index (Phi) is 7.76. The van der Waals surface area contributed by atoms with Crippen LogP contribution in [0.25, 0.3) is 17.1 Å². The van der Waals surface area contributed by atoms with Gasteiger partial charge in [0.05, 0.1) is 10.7 Å². The fraction of sp³-hybridized carbons (Fsp3) is 0.290. The number of aliphatic imine (C=N–C) groups is 1. The van der Waals surface area contributed by atoms with E-state index in [4.69, 9.17) is 0 Å². The number of nitrogens with zero attached hydrogens (tertiary/aromatic N) is 4. The molecule has 0 bridgehead atoms. The SMILES string of the molecule is CCc1ccccc1C1CCS/C1=N\C(=O)NC1CC1c1ccc(-c2ncn(-c3ccc(OC(F)(F)F)cc3)n2)cc1. The third-order valence-corrected chi connectivity index (χ3v) is 8.61. The van der Waals surface area contributed by atoms with Crippen LogP contribution in [0.2, 0.25) is 0 Å². The topological polar surface area (TPSA) is 81.4 Å². The van der Waals surface area contributed by atoms with Gasteiger partial charge in [0.15, 0.2) is 5.82 Å². The molecule has 2 aliphatic rings. The molecule has 1 aliphatic carbocycles. The maximum absolute atomic E-state index is 12.8. The van der Waals surface area contributed by atoms with Crippen molar-refractivity contribution in [1.82, 2.24) is 20.1 Å². The zero-order valence-electron chi connectivity index (χ0n) is 22.7. The summed E-state index contributed by atoms with van der Waals surface area (Å²) in [4.78, 5) is 21.6. The molecular formula is C31H28F3N5O2S. The van der Waals surface area contributed by atoms with Gasteiger partial charge in [-0.2, -0.15) is 4.99 Å². The molecule has 42 heavy (non-hydrogen) atoms. The summed E-state index contributed by atoms with van der Waals surface area (Å²) in [5.74, 6) is 1.55. The maximum Gasteiger partial charge on any atom is 0.573 e. The number of halogens is 3. The van der Waals surface area contributed by atoms with Crippen molar-refractivity contribution >= 4 is 22.8 Å². The zero-order chi connectivity index (χ0) is 29.3. The average Bonchev–Trinajstić information content (AvgIpc) is 3.33. The van der Waals surface area contributed by atoms with Crippen LogP contribution >= 0.6 is 11.8 Å². The van der Waals surface area contributed by atoms with Crippen LogP contribution in [0.4, 0.5) is 18.0 Å². The number of amides is 2. The van der Waals surface area contributed by atoms with Gasteiger partial charge in [-0.05, 0) is 60.2 Å². The van der Waals surface area contributed by atoms with Crippen LogP contribution in [0, 0.1) is 0 Å². The van der Waals surface area contributed by atoms with Crippen molar-refractivity contribution in [3.8, 4) is 22.8 Å². The minimum Gasteiger partial charge on any atom is -0.406 e. The molecule has 2 fully saturated rings. The molecule has 2 amide bonds. The number of aromatic nitrogens is 3. The molecule has 1 N–H and O–H groups in total. The molecule has 3 atom stereocenters. The predicted octanol–water partition coefficient (Wildman–Crippen LogP) is 7.28. The minimum atomic E-state index is -4.74. The average molecular weight is 592 g/mol. The van der Waals surface area contributed by atoms with Crippen molar-refractivity contribution in [2.75, 3.05) is 5.75 Å². The summed E-state index contributed by atoms with van der Waals surface area (Å²) in [6.07, 6.45) is -0.441. The lowest BCUT2D eigenvalue weighted by molar-refractivity contribution is -0.274. The van der Waals surface area contributed by atoms with Crippen molar-refractivity contribution in [2.24, 2.45) is 4.99 Å². The number of hydrogen-bond acceptors (Lipinski definition) is 5. The van der Waals surface area contributed by atoms with Gasteiger partial charge in [0.2, 0.25) is 0 Å². The molecule has 3 unspecified atom stereocenters. The van der Waals surface area contributed by atoms with Crippen LogP contribution in [0.5, 0.6) is 5.75 Å². The van der Waals surface area contributed by atoms with E-state index in [0.29, 0.717) is 11.5 Å². The molecule has 0 radical (unpaired) electrons. The summed E-state index contributed by atoms with van der Waals surface area (Å²) < 4.78 is 42.6. The number of hydrogen-bond donors (Lipinski definition) is 1. The number of alkyl halides is 3. The highest BCUT2D eigenvalue weighted by atomic mass is 32.2. The van der Waals surface area contributed by atoms with Crippen molar-refractivity contribution < 1.29 is 22.7 Å². The van der Waals surface area contributed by atoms with E-state index >= 15 is 0 Å². The monoisotopic (exact) mass is 591 g/mol. The molecule has 7 nitrogen and oxygen atoms in total. The Bertz CT molecular complexity index is 1600. The summed E-state index contributed by atoms with van der Waals surface area (Å²) >= 11 is 1.67. The summed E-state index contributed by atoms with van der Waals surface area (Å²) in [5, 5.41) is 8.43. The minimum absolute atomic E-state index is 0.0436. The van der Waals surface area contributed by atoms with E-state index in [2.05, 4.69) is 56.3 Å². The van der Waals surface area contributed by atoms with Crippen molar-refractivity contribution in [1.29, 1.82) is 0 Å². The Labute approximate surface area is 245 Å². The second-order valence-electron chi connectivity index (χ2n) is 10.3. The number of nitrogens with one attached hydrogen (secondary N) is 1. The Morgan fingerprint density at radius 2 is 1.86 bits per heavy atom. The molecule has 3 aromatic carbocycles. The van der Waals surface area contributed by atoms with Gasteiger partial charge in [-0.25, -0.2) is 14.5 Å². The molecule has 6 rings (SSSR count). The number of ether oxygens (including phenoxy) is 1. The van der Waals surface area contributed by atoms with E-state index in [0.717, 1.165) is 41.2 Å². The number of carbonyl (C=O) groups excluding carboxylic acids is 1. The quantitative estimate of drug-likeness (QED) is 0.244. The van der Waals surface area contributed by atoms with Crippen molar-refractivity contribution in [3.05, 3.63) is 95.8 Å². The summed E-state index contributed by atoms with van der Waals surface area (Å²) in [5.41, 5.74) is 5.05. The number of benzene rings is 3. The van der Waals surface area contributed by atoms with Crippen LogP contribution in [-0.2, 0) is 6.42 Å². The lowest BCUT2D eigenvalue weighted by Crippen LogP contribution is -2.24. The summed E-state index contributed by atoms with van der Waals surface area (Å²) in [7, 11) is 0. The van der Waals surface area contributed by atoms with Crippen molar-refractivity contribution in [3.63, 3.8) is 0 Å². The van der Waals surface area contributed by atoms with E-state index in [1.807, 2.05) is 24.3 Å². The van der Waals surface area contributed by atoms with E-state index in [-0.39, 0.29) is 29.7 Å². The van der Waals surface area contributed by atoms with Gasteiger partial charge in [0.25, 0.3) is 0 Å². The van der Waals surface area contributed by atoms with E-state index in [1.165, 1.54) is 46.4 Å². The Balaban J connectivity index is 1.06. The second-order valence-corrected chi connectivity index (χ2v) is 11.4. The molecule has 1 saturated carbocycles. The largest absolute Gasteiger partial charge is 0.573 e. The third kappa shape index (κ3) is 6.35. The number of thioether (sulfide) groups is 1. The molecule has 11 heteroatoms. The van der Waals surface area contributed by atoms with E-state index in [1.54, 1.807) is 11.8 Å². The lowest BCUT2D eigenvalue weighted by atomic mass is 9.92. The van der Waals surface area contributed by atoms with Gasteiger partial charge in [0.1, 0.15) is 12.1 Å². The number of carbonyl (C=O) groups is 1. The molecule has 4 aromatic rings. The fourth-order valence-electron chi connectivity index (χ4n) is 5.31. The highest BCUT2D eigenvalue weighted by molar-refractivity contribution is 8.14. The summed E-state index contributed by atoms with van der Waals surface area (Å²) in [6, 6.07) is 21.4. The van der Waals surface area contributed by atoms with Crippen LogP contribution < -0.4 is 10.1 Å². The predicted molar refractivity (Wildman–Crippen MR) is 156 cm³/mol. The second kappa shape index (κ2) is 11.6. The van der Waals surface area contributed by atoms with Gasteiger partial charge in [0, 0.05) is 29.2 Å². The molecule has 216 valence electrons. The normalized spacial score (nSPS) is 21.0. The van der Waals surface area contributed by atoms with E-state index in [9.17, 15) is 18.0 Å². The molecule has 2 heterocycles. The number of urea groups is 1. The van der Waals surface area contributed by atoms with Gasteiger partial charge in [-0.3, -0.25) is 0 Å². The van der Waals surface area contributed by atoms with Gasteiger partial charge >= 0.3 is 12.4 Å². The Morgan fingerprint density at radius 1 is 1.10 bits per heavy atom. The first-order valence-electron chi connectivity index (χ1n) is 13.8. The van der Waals surface area contributed by atoms with Gasteiger partial charge in [-0.15, -0.1) is 30.0 Å². The van der Waals surface area contributed by atoms with Crippen LogP contribution in [0.1, 0.15) is 48.3 Å². The smallest absolute Gasteiger partial charge is 0.406 e. The Morgan fingerprint density at radius 3 is 2.60 bits per heavy atom. The molecule has 1 saturated heterocycles. The highest BCUT2D eigenvalue weighted by Crippen LogP contribution is 2.42. The molecule has 1 aromatic heterocycles. The fourth-order valence-corrected chi connectivity index (χ4v) is 6.47. The third-order valence-electron chi connectivity index (χ3n) is 7.50. The first kappa shape index (κ1) is 28.0. The van der Waals surface area contributed by atoms with Gasteiger partial charge in [-0.1, -0.05) is 55.5 Å². The first-order valence-corrected chi connectivity index (χ1v) is 14.7. The van der Waals surface area contributed by atoms with E-state index < -0.39 is 6.36 Å². The number of aryl methyl sites for hydroxylation is 1. The number of rotatable bonds is 7. The molecule has 1 aliphatic heterocycles. The first-order chi connectivity index (χ1) is 20.3. The zero-order valence-corrected chi connectivity index (χ0v) is 23.5.